The number of benzene rings is 1. The van der Waals surface area contributed by atoms with Gasteiger partial charge in [-0.1, -0.05) is 17.7 Å². The van der Waals surface area contributed by atoms with Gasteiger partial charge in [0.1, 0.15) is 5.82 Å². The molecule has 0 bridgehead atoms. The second-order valence-corrected chi connectivity index (χ2v) is 4.86. The summed E-state index contributed by atoms with van der Waals surface area (Å²) in [6, 6.07) is 6.24. The molecule has 2 nitrogen and oxygen atoms in total. The lowest BCUT2D eigenvalue weighted by Gasteiger charge is -2.06. The van der Waals surface area contributed by atoms with E-state index in [1.807, 2.05) is 6.07 Å². The van der Waals surface area contributed by atoms with E-state index in [0.29, 0.717) is 16.5 Å². The van der Waals surface area contributed by atoms with E-state index < -0.39 is 0 Å². The second-order valence-electron chi connectivity index (χ2n) is 3.44. The van der Waals surface area contributed by atoms with Gasteiger partial charge in [0.05, 0.1) is 11.9 Å². The molecular formula is C12H10ClFN2S. The Labute approximate surface area is 108 Å². The van der Waals surface area contributed by atoms with E-state index in [2.05, 4.69) is 4.98 Å². The number of nitrogens with two attached hydrogens (primary N) is 1. The number of anilines is 1. The summed E-state index contributed by atoms with van der Waals surface area (Å²) in [4.78, 5) is 4.86. The number of nitrogens with zero attached hydrogens (tertiary/aromatic N) is 1. The Morgan fingerprint density at radius 3 is 2.88 bits per heavy atom. The maximum absolute atomic E-state index is 12.9. The van der Waals surface area contributed by atoms with Crippen molar-refractivity contribution in [3.63, 3.8) is 0 Å². The van der Waals surface area contributed by atoms with E-state index in [9.17, 15) is 4.39 Å². The Hall–Kier alpha value is -1.26. The van der Waals surface area contributed by atoms with Crippen LogP contribution in [-0.2, 0) is 5.75 Å². The summed E-state index contributed by atoms with van der Waals surface area (Å²) in [7, 11) is 0. The normalized spacial score (nSPS) is 10.5. The summed E-state index contributed by atoms with van der Waals surface area (Å²) < 4.78 is 12.9. The average molecular weight is 269 g/mol. The number of halogens is 2. The fourth-order valence-electron chi connectivity index (χ4n) is 1.32. The van der Waals surface area contributed by atoms with Gasteiger partial charge in [0, 0.05) is 21.9 Å². The van der Waals surface area contributed by atoms with Gasteiger partial charge in [-0.2, -0.15) is 0 Å². The van der Waals surface area contributed by atoms with Crippen LogP contribution < -0.4 is 5.73 Å². The van der Waals surface area contributed by atoms with Gasteiger partial charge in [-0.3, -0.25) is 4.98 Å². The summed E-state index contributed by atoms with van der Waals surface area (Å²) in [5.41, 5.74) is 7.29. The van der Waals surface area contributed by atoms with Crippen LogP contribution in [0.25, 0.3) is 0 Å². The first-order valence-corrected chi connectivity index (χ1v) is 6.29. The molecule has 0 aliphatic heterocycles. The van der Waals surface area contributed by atoms with Gasteiger partial charge in [-0.25, -0.2) is 4.39 Å². The number of hydrogen-bond donors (Lipinski definition) is 1. The monoisotopic (exact) mass is 268 g/mol. The van der Waals surface area contributed by atoms with Gasteiger partial charge < -0.3 is 5.73 Å². The van der Waals surface area contributed by atoms with E-state index in [-0.39, 0.29) is 5.82 Å². The second kappa shape index (κ2) is 5.38. The Morgan fingerprint density at radius 1 is 1.35 bits per heavy atom. The molecule has 5 heteroatoms. The summed E-state index contributed by atoms with van der Waals surface area (Å²) in [6.07, 6.45) is 3.29. The fourth-order valence-corrected chi connectivity index (χ4v) is 2.57. The maximum atomic E-state index is 12.9. The first-order valence-electron chi connectivity index (χ1n) is 4.93. The molecule has 88 valence electrons. The average Bonchev–Trinajstić information content (AvgIpc) is 2.30. The molecule has 1 aromatic carbocycles. The van der Waals surface area contributed by atoms with Gasteiger partial charge in [0.2, 0.25) is 0 Å². The minimum Gasteiger partial charge on any atom is -0.397 e. The molecule has 0 spiro atoms. The molecule has 0 amide bonds. The van der Waals surface area contributed by atoms with E-state index in [0.717, 1.165) is 10.5 Å². The zero-order valence-electron chi connectivity index (χ0n) is 8.86. The van der Waals surface area contributed by atoms with Crippen LogP contribution in [0.2, 0.25) is 5.02 Å². The molecule has 1 aromatic heterocycles. The summed E-state index contributed by atoms with van der Waals surface area (Å²) in [5, 5.41) is 0.435. The number of thioether (sulfide) groups is 1. The van der Waals surface area contributed by atoms with Crippen LogP contribution in [0, 0.1) is 5.82 Å². The lowest BCUT2D eigenvalue weighted by atomic mass is 10.2. The fraction of sp³-hybridized carbons (Fsp3) is 0.0833. The number of hydrogen-bond acceptors (Lipinski definition) is 3. The van der Waals surface area contributed by atoms with Gasteiger partial charge in [0.15, 0.2) is 0 Å². The Morgan fingerprint density at radius 2 is 2.18 bits per heavy atom. The molecule has 0 aliphatic rings. The smallest absolute Gasteiger partial charge is 0.124 e. The molecule has 2 N–H and O–H groups in total. The largest absolute Gasteiger partial charge is 0.397 e. The molecule has 0 saturated carbocycles. The lowest BCUT2D eigenvalue weighted by Crippen LogP contribution is -1.90. The van der Waals surface area contributed by atoms with Gasteiger partial charge in [-0.15, -0.1) is 11.8 Å². The van der Waals surface area contributed by atoms with Crippen molar-refractivity contribution in [1.82, 2.24) is 4.98 Å². The Kier molecular flexibility index (Phi) is 3.86. The molecular weight excluding hydrogens is 259 g/mol. The van der Waals surface area contributed by atoms with Crippen molar-refractivity contribution < 1.29 is 4.39 Å². The maximum Gasteiger partial charge on any atom is 0.124 e. The minimum absolute atomic E-state index is 0.327. The highest BCUT2D eigenvalue weighted by Crippen LogP contribution is 2.29. The molecule has 2 rings (SSSR count). The zero-order valence-corrected chi connectivity index (χ0v) is 10.4. The van der Waals surface area contributed by atoms with Crippen LogP contribution in [0.15, 0.2) is 41.6 Å². The van der Waals surface area contributed by atoms with E-state index in [4.69, 9.17) is 17.3 Å². The van der Waals surface area contributed by atoms with E-state index in [1.54, 1.807) is 30.2 Å². The van der Waals surface area contributed by atoms with Crippen molar-refractivity contribution in [2.24, 2.45) is 0 Å². The van der Waals surface area contributed by atoms with Crippen molar-refractivity contribution in [3.05, 3.63) is 53.1 Å². The Bertz CT molecular complexity index is 534. The van der Waals surface area contributed by atoms with Crippen molar-refractivity contribution in [2.75, 3.05) is 5.73 Å². The molecule has 17 heavy (non-hydrogen) atoms. The number of aromatic nitrogens is 1. The van der Waals surface area contributed by atoms with Crippen molar-refractivity contribution in [2.45, 2.75) is 10.6 Å². The topological polar surface area (TPSA) is 38.9 Å². The molecule has 0 saturated heterocycles. The third-order valence-electron chi connectivity index (χ3n) is 2.21. The van der Waals surface area contributed by atoms with Gasteiger partial charge >= 0.3 is 0 Å². The third kappa shape index (κ3) is 3.11. The van der Waals surface area contributed by atoms with Crippen molar-refractivity contribution >= 4 is 29.1 Å². The SMILES string of the molecule is Nc1cnccc1SCc1ccc(F)cc1Cl. The highest BCUT2D eigenvalue weighted by Gasteiger charge is 2.04. The van der Waals surface area contributed by atoms with Crippen LogP contribution in [0.4, 0.5) is 10.1 Å². The highest BCUT2D eigenvalue weighted by atomic mass is 35.5. The number of pyridine rings is 1. The molecule has 0 radical (unpaired) electrons. The van der Waals surface area contributed by atoms with Crippen LogP contribution in [0.1, 0.15) is 5.56 Å². The number of rotatable bonds is 3. The predicted molar refractivity (Wildman–Crippen MR) is 69.6 cm³/mol. The van der Waals surface area contributed by atoms with Gasteiger partial charge in [0.25, 0.3) is 0 Å². The summed E-state index contributed by atoms with van der Waals surface area (Å²) in [5.74, 6) is 0.319. The van der Waals surface area contributed by atoms with Crippen LogP contribution in [0.3, 0.4) is 0 Å². The Balaban J connectivity index is 2.10. The van der Waals surface area contributed by atoms with E-state index in [1.165, 1.54) is 12.1 Å². The predicted octanol–water partition coefficient (Wildman–Crippen LogP) is 3.75. The zero-order chi connectivity index (χ0) is 12.3. The highest BCUT2D eigenvalue weighted by molar-refractivity contribution is 7.98. The van der Waals surface area contributed by atoms with Crippen LogP contribution in [0.5, 0.6) is 0 Å². The minimum atomic E-state index is -0.327. The molecule has 1 heterocycles. The van der Waals surface area contributed by atoms with Gasteiger partial charge in [-0.05, 0) is 23.8 Å². The first-order chi connectivity index (χ1) is 8.16. The van der Waals surface area contributed by atoms with Crippen molar-refractivity contribution in [3.8, 4) is 0 Å². The van der Waals surface area contributed by atoms with Crippen LogP contribution >= 0.6 is 23.4 Å². The molecule has 0 atom stereocenters. The molecule has 0 unspecified atom stereocenters. The molecule has 0 fully saturated rings. The number of nitrogen functional groups attached to an aromatic ring is 1. The molecule has 2 aromatic rings. The molecule has 0 aliphatic carbocycles. The third-order valence-corrected chi connectivity index (χ3v) is 3.70. The quantitative estimate of drug-likeness (QED) is 0.862. The first kappa shape index (κ1) is 12.2. The summed E-state index contributed by atoms with van der Waals surface area (Å²) >= 11 is 7.49. The standard InChI is InChI=1S/C12H10ClFN2S/c13-10-5-9(14)2-1-8(10)7-17-12-3-4-16-6-11(12)15/h1-6H,7,15H2. The van der Waals surface area contributed by atoms with Crippen LogP contribution in [-0.4, -0.2) is 4.98 Å². The van der Waals surface area contributed by atoms with E-state index >= 15 is 0 Å². The lowest BCUT2D eigenvalue weighted by molar-refractivity contribution is 0.627. The van der Waals surface area contributed by atoms with Crippen molar-refractivity contribution in [1.29, 1.82) is 0 Å². The summed E-state index contributed by atoms with van der Waals surface area (Å²) in [6.45, 7) is 0.